The van der Waals surface area contributed by atoms with Gasteiger partial charge in [-0.15, -0.1) is 0 Å². The first-order valence-electron chi connectivity index (χ1n) is 6.54. The van der Waals surface area contributed by atoms with Crippen LogP contribution in [0, 0.1) is 0 Å². The van der Waals surface area contributed by atoms with E-state index in [0.717, 1.165) is 6.26 Å². The molecule has 0 aromatic heterocycles. The minimum absolute atomic E-state index is 0.0283. The molecule has 2 aromatic carbocycles. The first-order valence-corrected chi connectivity index (χ1v) is 9.91. The SMILES string of the molecule is CC(=O)c1ccccc1NS(=O)(=O)c1ccc(S(C)(=O)=O)cc1. The zero-order valence-electron chi connectivity index (χ0n) is 12.5. The van der Waals surface area contributed by atoms with Crippen LogP contribution in [0.2, 0.25) is 0 Å². The summed E-state index contributed by atoms with van der Waals surface area (Å²) in [4.78, 5) is 11.5. The van der Waals surface area contributed by atoms with Gasteiger partial charge in [-0.05, 0) is 43.3 Å². The number of nitrogens with one attached hydrogen (secondary N) is 1. The van der Waals surface area contributed by atoms with E-state index in [2.05, 4.69) is 4.72 Å². The monoisotopic (exact) mass is 353 g/mol. The number of carbonyl (C=O) groups excluding carboxylic acids is 1. The van der Waals surface area contributed by atoms with Gasteiger partial charge in [0.15, 0.2) is 15.6 Å². The predicted molar refractivity (Wildman–Crippen MR) is 86.8 cm³/mol. The summed E-state index contributed by atoms with van der Waals surface area (Å²) in [5, 5.41) is 0. The van der Waals surface area contributed by atoms with Gasteiger partial charge < -0.3 is 0 Å². The molecule has 1 N–H and O–H groups in total. The summed E-state index contributed by atoms with van der Waals surface area (Å²) >= 11 is 0. The van der Waals surface area contributed by atoms with Gasteiger partial charge in [0, 0.05) is 11.8 Å². The molecule has 0 atom stereocenters. The van der Waals surface area contributed by atoms with Gasteiger partial charge in [0.25, 0.3) is 10.0 Å². The maximum Gasteiger partial charge on any atom is 0.261 e. The molecule has 0 saturated heterocycles. The molecule has 23 heavy (non-hydrogen) atoms. The third-order valence-electron chi connectivity index (χ3n) is 3.11. The van der Waals surface area contributed by atoms with E-state index in [1.165, 1.54) is 43.3 Å². The van der Waals surface area contributed by atoms with Crippen molar-refractivity contribution in [2.75, 3.05) is 11.0 Å². The quantitative estimate of drug-likeness (QED) is 0.830. The van der Waals surface area contributed by atoms with Crippen LogP contribution in [0.25, 0.3) is 0 Å². The Morgan fingerprint density at radius 2 is 1.39 bits per heavy atom. The molecule has 0 aliphatic rings. The Kier molecular flexibility index (Phi) is 4.58. The van der Waals surface area contributed by atoms with Crippen molar-refractivity contribution in [1.82, 2.24) is 0 Å². The van der Waals surface area contributed by atoms with Crippen LogP contribution in [0.4, 0.5) is 5.69 Å². The highest BCUT2D eigenvalue weighted by molar-refractivity contribution is 7.92. The molecule has 0 spiro atoms. The lowest BCUT2D eigenvalue weighted by Gasteiger charge is -2.11. The van der Waals surface area contributed by atoms with Gasteiger partial charge in [-0.25, -0.2) is 16.8 Å². The highest BCUT2D eigenvalue weighted by Crippen LogP contribution is 2.21. The Labute approximate surface area is 135 Å². The molecule has 8 heteroatoms. The van der Waals surface area contributed by atoms with Crippen LogP contribution in [-0.2, 0) is 19.9 Å². The first kappa shape index (κ1) is 17.2. The van der Waals surface area contributed by atoms with Crippen LogP contribution in [0.1, 0.15) is 17.3 Å². The summed E-state index contributed by atoms with van der Waals surface area (Å²) < 4.78 is 49.9. The molecule has 0 aliphatic carbocycles. The fraction of sp³-hybridized carbons (Fsp3) is 0.133. The molecule has 0 saturated carbocycles. The Morgan fingerprint density at radius 3 is 1.91 bits per heavy atom. The summed E-state index contributed by atoms with van der Waals surface area (Å²) in [5.41, 5.74) is 0.427. The van der Waals surface area contributed by atoms with Gasteiger partial charge in [-0.3, -0.25) is 9.52 Å². The minimum Gasteiger partial charge on any atom is -0.294 e. The second-order valence-corrected chi connectivity index (χ2v) is 8.65. The molecular weight excluding hydrogens is 338 g/mol. The number of para-hydroxylation sites is 1. The number of sulfone groups is 1. The van der Waals surface area contributed by atoms with E-state index in [1.54, 1.807) is 12.1 Å². The maximum atomic E-state index is 12.4. The lowest BCUT2D eigenvalue weighted by atomic mass is 10.1. The number of rotatable bonds is 5. The molecule has 0 amide bonds. The van der Waals surface area contributed by atoms with E-state index in [9.17, 15) is 21.6 Å². The smallest absolute Gasteiger partial charge is 0.261 e. The summed E-state index contributed by atoms with van der Waals surface area (Å²) in [6, 6.07) is 11.1. The van der Waals surface area contributed by atoms with E-state index in [-0.39, 0.29) is 26.8 Å². The maximum absolute atomic E-state index is 12.4. The zero-order valence-corrected chi connectivity index (χ0v) is 14.1. The molecule has 0 bridgehead atoms. The van der Waals surface area contributed by atoms with Crippen LogP contribution in [0.15, 0.2) is 58.3 Å². The molecule has 0 aliphatic heterocycles. The Bertz CT molecular complexity index is 946. The fourth-order valence-electron chi connectivity index (χ4n) is 1.95. The Hall–Kier alpha value is -2.19. The van der Waals surface area contributed by atoms with E-state index in [4.69, 9.17) is 0 Å². The molecule has 0 fully saturated rings. The van der Waals surface area contributed by atoms with Crippen molar-refractivity contribution in [2.45, 2.75) is 16.7 Å². The molecule has 0 radical (unpaired) electrons. The highest BCUT2D eigenvalue weighted by atomic mass is 32.2. The van der Waals surface area contributed by atoms with Crippen molar-refractivity contribution in [3.8, 4) is 0 Å². The van der Waals surface area contributed by atoms with Crippen molar-refractivity contribution in [1.29, 1.82) is 0 Å². The van der Waals surface area contributed by atoms with Gasteiger partial charge in [-0.1, -0.05) is 12.1 Å². The van der Waals surface area contributed by atoms with E-state index >= 15 is 0 Å². The molecule has 6 nitrogen and oxygen atoms in total. The second kappa shape index (κ2) is 6.13. The lowest BCUT2D eigenvalue weighted by Crippen LogP contribution is -2.15. The summed E-state index contributed by atoms with van der Waals surface area (Å²) in [6.07, 6.45) is 1.04. The van der Waals surface area contributed by atoms with E-state index in [1.807, 2.05) is 0 Å². The molecular formula is C15H15NO5S2. The minimum atomic E-state index is -3.93. The molecule has 2 aromatic rings. The average molecular weight is 353 g/mol. The predicted octanol–water partition coefficient (Wildman–Crippen LogP) is 2.09. The number of carbonyl (C=O) groups is 1. The topological polar surface area (TPSA) is 97.4 Å². The van der Waals surface area contributed by atoms with Crippen LogP contribution < -0.4 is 4.72 Å². The summed E-state index contributed by atoms with van der Waals surface area (Å²) in [7, 11) is -7.33. The molecule has 2 rings (SSSR count). The zero-order chi connectivity index (χ0) is 17.3. The largest absolute Gasteiger partial charge is 0.294 e. The molecule has 0 heterocycles. The number of sulfonamides is 1. The standard InChI is InChI=1S/C15H15NO5S2/c1-11(17)14-5-3-4-6-15(14)16-23(20,21)13-9-7-12(8-10-13)22(2,18)19/h3-10,16H,1-2H3. The van der Waals surface area contributed by atoms with Gasteiger partial charge in [0.1, 0.15) is 0 Å². The third-order valence-corrected chi connectivity index (χ3v) is 5.62. The molecule has 122 valence electrons. The van der Waals surface area contributed by atoms with E-state index < -0.39 is 19.9 Å². The van der Waals surface area contributed by atoms with Gasteiger partial charge in [0.2, 0.25) is 0 Å². The van der Waals surface area contributed by atoms with Gasteiger partial charge in [0.05, 0.1) is 15.5 Å². The second-order valence-electron chi connectivity index (χ2n) is 4.95. The van der Waals surface area contributed by atoms with Crippen molar-refractivity contribution < 1.29 is 21.6 Å². The van der Waals surface area contributed by atoms with Crippen LogP contribution in [-0.4, -0.2) is 28.9 Å². The average Bonchev–Trinajstić information content (AvgIpc) is 2.46. The van der Waals surface area contributed by atoms with Crippen molar-refractivity contribution >= 4 is 31.3 Å². The van der Waals surface area contributed by atoms with Crippen LogP contribution in [0.3, 0.4) is 0 Å². The number of benzene rings is 2. The van der Waals surface area contributed by atoms with Crippen LogP contribution >= 0.6 is 0 Å². The van der Waals surface area contributed by atoms with Crippen LogP contribution in [0.5, 0.6) is 0 Å². The normalized spacial score (nSPS) is 11.9. The highest BCUT2D eigenvalue weighted by Gasteiger charge is 2.18. The summed E-state index contributed by atoms with van der Waals surface area (Å²) in [5.74, 6) is -0.268. The number of ketones is 1. The van der Waals surface area contributed by atoms with E-state index in [0.29, 0.717) is 0 Å². The Morgan fingerprint density at radius 1 is 0.870 bits per heavy atom. The van der Waals surface area contributed by atoms with Crippen molar-refractivity contribution in [3.63, 3.8) is 0 Å². The number of Topliss-reactive ketones (excluding diaryl/α,β-unsaturated/α-hetero) is 1. The fourth-order valence-corrected chi connectivity index (χ4v) is 3.66. The van der Waals surface area contributed by atoms with Gasteiger partial charge >= 0.3 is 0 Å². The third kappa shape index (κ3) is 3.96. The molecule has 0 unspecified atom stereocenters. The number of hydrogen-bond donors (Lipinski definition) is 1. The lowest BCUT2D eigenvalue weighted by molar-refractivity contribution is 0.101. The Balaban J connectivity index is 2.39. The first-order chi connectivity index (χ1) is 10.6. The van der Waals surface area contributed by atoms with Crippen molar-refractivity contribution in [3.05, 3.63) is 54.1 Å². The number of hydrogen-bond acceptors (Lipinski definition) is 5. The van der Waals surface area contributed by atoms with Gasteiger partial charge in [-0.2, -0.15) is 0 Å². The number of anilines is 1. The summed E-state index contributed by atoms with van der Waals surface area (Å²) in [6.45, 7) is 1.34. The van der Waals surface area contributed by atoms with Crippen molar-refractivity contribution in [2.24, 2.45) is 0 Å².